The lowest BCUT2D eigenvalue weighted by Gasteiger charge is -2.22. The summed E-state index contributed by atoms with van der Waals surface area (Å²) < 4.78 is 0. The summed E-state index contributed by atoms with van der Waals surface area (Å²) in [5.74, 6) is 0. The molecular formula is C50H32N4. The predicted molar refractivity (Wildman–Crippen MR) is 225 cm³/mol. The SMILES string of the molecule is C1=C(c2cc(-c3cc4ccccc4c4ccccc34)nc3c2ccc2c(-c4ccc5ccccc5n4)cc(-c4ccccc4)nc23)NCc2ccccc21. The van der Waals surface area contributed by atoms with Gasteiger partial charge in [0.2, 0.25) is 0 Å². The quantitative estimate of drug-likeness (QED) is 0.187. The molecule has 3 aromatic heterocycles. The minimum absolute atomic E-state index is 0.752. The Bertz CT molecular complexity index is 3160. The zero-order valence-corrected chi connectivity index (χ0v) is 29.3. The first-order valence-corrected chi connectivity index (χ1v) is 18.4. The van der Waals surface area contributed by atoms with Gasteiger partial charge >= 0.3 is 0 Å². The van der Waals surface area contributed by atoms with E-state index in [1.54, 1.807) is 0 Å². The highest BCUT2D eigenvalue weighted by atomic mass is 14.9. The van der Waals surface area contributed by atoms with E-state index in [0.29, 0.717) is 0 Å². The average molecular weight is 689 g/mol. The number of hydrogen-bond donors (Lipinski definition) is 1. The summed E-state index contributed by atoms with van der Waals surface area (Å²) in [6.07, 6.45) is 2.28. The number of hydrogen-bond acceptors (Lipinski definition) is 4. The van der Waals surface area contributed by atoms with Crippen LogP contribution >= 0.6 is 0 Å². The first kappa shape index (κ1) is 30.5. The summed E-state index contributed by atoms with van der Waals surface area (Å²) in [7, 11) is 0. The molecule has 54 heavy (non-hydrogen) atoms. The van der Waals surface area contributed by atoms with Gasteiger partial charge in [0.25, 0.3) is 0 Å². The Morgan fingerprint density at radius 3 is 1.93 bits per heavy atom. The van der Waals surface area contributed by atoms with Crippen LogP contribution in [0.15, 0.2) is 170 Å². The molecule has 7 aromatic carbocycles. The summed E-state index contributed by atoms with van der Waals surface area (Å²) in [6.45, 7) is 0.752. The molecule has 0 saturated carbocycles. The molecule has 0 amide bonds. The van der Waals surface area contributed by atoms with Crippen LogP contribution in [-0.4, -0.2) is 15.0 Å². The molecule has 252 valence electrons. The molecule has 11 rings (SSSR count). The van der Waals surface area contributed by atoms with Crippen molar-refractivity contribution in [2.75, 3.05) is 0 Å². The number of pyridine rings is 3. The maximum absolute atomic E-state index is 5.61. The van der Waals surface area contributed by atoms with Gasteiger partial charge in [0.15, 0.2) is 0 Å². The van der Waals surface area contributed by atoms with Gasteiger partial charge in [-0.15, -0.1) is 0 Å². The smallest absolute Gasteiger partial charge is 0.0979 e. The van der Waals surface area contributed by atoms with Crippen LogP contribution in [0.3, 0.4) is 0 Å². The summed E-state index contributed by atoms with van der Waals surface area (Å²) >= 11 is 0. The zero-order chi connectivity index (χ0) is 35.6. The second-order valence-corrected chi connectivity index (χ2v) is 14.0. The first-order chi connectivity index (χ1) is 26.7. The Morgan fingerprint density at radius 2 is 1.06 bits per heavy atom. The van der Waals surface area contributed by atoms with Crippen molar-refractivity contribution < 1.29 is 0 Å². The summed E-state index contributed by atoms with van der Waals surface area (Å²) in [5, 5.41) is 11.7. The number of nitrogens with one attached hydrogen (secondary N) is 1. The molecule has 4 nitrogen and oxygen atoms in total. The normalized spacial score (nSPS) is 12.6. The van der Waals surface area contributed by atoms with Gasteiger partial charge in [-0.1, -0.05) is 140 Å². The van der Waals surface area contributed by atoms with Crippen LogP contribution in [0.4, 0.5) is 0 Å². The van der Waals surface area contributed by atoms with Crippen LogP contribution in [0.1, 0.15) is 16.7 Å². The molecule has 4 heterocycles. The van der Waals surface area contributed by atoms with E-state index < -0.39 is 0 Å². The van der Waals surface area contributed by atoms with Crippen molar-refractivity contribution >= 4 is 66.0 Å². The third kappa shape index (κ3) is 4.96. The lowest BCUT2D eigenvalue weighted by atomic mass is 9.92. The van der Waals surface area contributed by atoms with Gasteiger partial charge < -0.3 is 5.32 Å². The van der Waals surface area contributed by atoms with Gasteiger partial charge in [-0.05, 0) is 69.1 Å². The lowest BCUT2D eigenvalue weighted by Crippen LogP contribution is -2.17. The molecule has 1 aliphatic rings. The number of aromatic nitrogens is 3. The Hall–Kier alpha value is -7.17. The highest BCUT2D eigenvalue weighted by Gasteiger charge is 2.21. The third-order valence-corrected chi connectivity index (χ3v) is 10.9. The number of rotatable bonds is 4. The van der Waals surface area contributed by atoms with E-state index in [9.17, 15) is 0 Å². The molecule has 0 unspecified atom stereocenters. The highest BCUT2D eigenvalue weighted by Crippen LogP contribution is 2.41. The fourth-order valence-corrected chi connectivity index (χ4v) is 8.19. The predicted octanol–water partition coefficient (Wildman–Crippen LogP) is 12.2. The van der Waals surface area contributed by atoms with Crippen molar-refractivity contribution in [1.29, 1.82) is 0 Å². The van der Waals surface area contributed by atoms with Gasteiger partial charge in [-0.2, -0.15) is 0 Å². The zero-order valence-electron chi connectivity index (χ0n) is 29.3. The fraction of sp³-hybridized carbons (Fsp3) is 0.0200. The Morgan fingerprint density at radius 1 is 0.407 bits per heavy atom. The van der Waals surface area contributed by atoms with Gasteiger partial charge in [0.1, 0.15) is 0 Å². The van der Waals surface area contributed by atoms with E-state index in [1.807, 2.05) is 12.1 Å². The Kier molecular flexibility index (Phi) is 6.89. The van der Waals surface area contributed by atoms with Crippen LogP contribution in [0, 0.1) is 0 Å². The van der Waals surface area contributed by atoms with Crippen molar-refractivity contribution in [1.82, 2.24) is 20.3 Å². The number of fused-ring (bicyclic) bond motifs is 8. The Labute approximate surface area is 312 Å². The minimum atomic E-state index is 0.752. The molecule has 0 atom stereocenters. The molecule has 0 spiro atoms. The first-order valence-electron chi connectivity index (χ1n) is 18.4. The van der Waals surface area contributed by atoms with Crippen LogP contribution in [0.25, 0.3) is 99.8 Å². The number of benzene rings is 7. The summed E-state index contributed by atoms with van der Waals surface area (Å²) in [6, 6.07) is 60.1. The van der Waals surface area contributed by atoms with Crippen LogP contribution in [-0.2, 0) is 6.54 Å². The van der Waals surface area contributed by atoms with Crippen molar-refractivity contribution in [3.63, 3.8) is 0 Å². The van der Waals surface area contributed by atoms with Gasteiger partial charge in [0, 0.05) is 50.7 Å². The molecule has 0 saturated heterocycles. The second kappa shape index (κ2) is 12.2. The summed E-state index contributed by atoms with van der Waals surface area (Å²) in [5.41, 5.74) is 13.2. The van der Waals surface area contributed by atoms with Crippen molar-refractivity contribution in [2.45, 2.75) is 6.54 Å². The summed E-state index contributed by atoms with van der Waals surface area (Å²) in [4.78, 5) is 16.3. The minimum Gasteiger partial charge on any atom is -0.380 e. The third-order valence-electron chi connectivity index (χ3n) is 10.9. The van der Waals surface area contributed by atoms with Gasteiger partial charge in [-0.25, -0.2) is 15.0 Å². The fourth-order valence-electron chi connectivity index (χ4n) is 8.19. The second-order valence-electron chi connectivity index (χ2n) is 14.0. The van der Waals surface area contributed by atoms with Crippen molar-refractivity contribution in [2.24, 2.45) is 0 Å². The topological polar surface area (TPSA) is 50.7 Å². The number of para-hydroxylation sites is 1. The molecule has 1 aliphatic heterocycles. The maximum atomic E-state index is 5.61. The lowest BCUT2D eigenvalue weighted by molar-refractivity contribution is 0.880. The van der Waals surface area contributed by atoms with Crippen LogP contribution in [0.2, 0.25) is 0 Å². The molecule has 0 radical (unpaired) electrons. The largest absolute Gasteiger partial charge is 0.380 e. The van der Waals surface area contributed by atoms with E-state index in [4.69, 9.17) is 15.0 Å². The van der Waals surface area contributed by atoms with Crippen molar-refractivity contribution in [3.8, 4) is 33.8 Å². The van der Waals surface area contributed by atoms with Gasteiger partial charge in [0.05, 0.1) is 33.6 Å². The standard InChI is InChI=1S/C50H32N4/c1-2-12-31(13-3-1)46-28-42(45-25-22-32-14-7-11-21-44(32)52-45)39-23-24-40-43(47-27-33-15-4-5-17-35(33)30-51-47)29-48(54-50(40)49(39)53-46)41-26-34-16-6-8-18-36(34)37-19-9-10-20-38(37)41/h1-29,51H,30H2. The van der Waals surface area contributed by atoms with Crippen LogP contribution in [0.5, 0.6) is 0 Å². The maximum Gasteiger partial charge on any atom is 0.0979 e. The monoisotopic (exact) mass is 688 g/mol. The van der Waals surface area contributed by atoms with Gasteiger partial charge in [-0.3, -0.25) is 0 Å². The number of nitrogens with zero attached hydrogens (tertiary/aromatic N) is 3. The molecule has 0 bridgehead atoms. The van der Waals surface area contributed by atoms with E-state index in [1.165, 1.54) is 32.7 Å². The molecule has 0 fully saturated rings. The van der Waals surface area contributed by atoms with E-state index in [2.05, 4.69) is 169 Å². The van der Waals surface area contributed by atoms with Crippen LogP contribution < -0.4 is 5.32 Å². The molecular weight excluding hydrogens is 657 g/mol. The van der Waals surface area contributed by atoms with Crippen molar-refractivity contribution in [3.05, 3.63) is 187 Å². The highest BCUT2D eigenvalue weighted by molar-refractivity contribution is 6.16. The van der Waals surface area contributed by atoms with E-state index in [0.717, 1.165) is 84.3 Å². The Balaban J connectivity index is 1.26. The molecule has 10 aromatic rings. The molecule has 0 aliphatic carbocycles. The van der Waals surface area contributed by atoms with E-state index >= 15 is 0 Å². The molecule has 4 heteroatoms. The average Bonchev–Trinajstić information content (AvgIpc) is 3.25. The molecule has 1 N–H and O–H groups in total. The van der Waals surface area contributed by atoms with E-state index in [-0.39, 0.29) is 0 Å².